The van der Waals surface area contributed by atoms with Gasteiger partial charge in [-0.05, 0) is 32.8 Å². The monoisotopic (exact) mass is 468 g/mol. The molecule has 2 fully saturated rings. The predicted octanol–water partition coefficient (Wildman–Crippen LogP) is 2.11. The number of carboxylic acid groups (broad SMARTS) is 1. The third kappa shape index (κ3) is 4.95. The summed E-state index contributed by atoms with van der Waals surface area (Å²) >= 11 is 2.61. The molecule has 0 aromatic carbocycles. The summed E-state index contributed by atoms with van der Waals surface area (Å²) in [7, 11) is 0. The Morgan fingerprint density at radius 3 is 2.74 bits per heavy atom. The van der Waals surface area contributed by atoms with E-state index in [2.05, 4.69) is 0 Å². The molecule has 0 aromatic heterocycles. The second kappa shape index (κ2) is 9.68. The number of amides is 2. The van der Waals surface area contributed by atoms with Crippen LogP contribution in [0.15, 0.2) is 23.9 Å². The van der Waals surface area contributed by atoms with Crippen LogP contribution in [0.25, 0.3) is 0 Å². The standard InChI is InChI=1S/C21H28N2O6S2/c1-13(2)29-16(25)9-30-11-21(20(27)28)10-22-18(26)17(19(22)31-12-21)23(14(3)24)15-7-5-4-6-8-15/h4-5,7,13,17,19H,6,8-12H2,1-3H3,(H,27,28)/t17?,19-,21?/m1/s1. The number of carbonyl (C=O) groups is 4. The molecule has 3 atom stereocenters. The predicted molar refractivity (Wildman–Crippen MR) is 119 cm³/mol. The summed E-state index contributed by atoms with van der Waals surface area (Å²) in [4.78, 5) is 52.4. The van der Waals surface area contributed by atoms with Gasteiger partial charge in [0, 0.05) is 30.7 Å². The maximum Gasteiger partial charge on any atom is 0.316 e. The number of aliphatic carboxylic acids is 1. The molecule has 2 aliphatic heterocycles. The summed E-state index contributed by atoms with van der Waals surface area (Å²) in [5.74, 6) is -1.19. The van der Waals surface area contributed by atoms with Crippen LogP contribution >= 0.6 is 23.5 Å². The number of carbonyl (C=O) groups excluding carboxylic acids is 3. The van der Waals surface area contributed by atoms with Crippen molar-refractivity contribution in [1.82, 2.24) is 9.80 Å². The molecule has 31 heavy (non-hydrogen) atoms. The minimum atomic E-state index is -1.14. The summed E-state index contributed by atoms with van der Waals surface area (Å²) in [5, 5.41) is 9.66. The van der Waals surface area contributed by atoms with Gasteiger partial charge in [-0.3, -0.25) is 19.2 Å². The number of thioether (sulfide) groups is 2. The van der Waals surface area contributed by atoms with E-state index in [4.69, 9.17) is 4.74 Å². The second-order valence-electron chi connectivity index (χ2n) is 8.24. The Kier molecular flexibility index (Phi) is 7.41. The van der Waals surface area contributed by atoms with Crippen molar-refractivity contribution in [2.75, 3.05) is 23.8 Å². The van der Waals surface area contributed by atoms with Crippen LogP contribution in [-0.2, 0) is 23.9 Å². The van der Waals surface area contributed by atoms with Gasteiger partial charge in [-0.2, -0.15) is 0 Å². The number of hydrogen-bond acceptors (Lipinski definition) is 7. The van der Waals surface area contributed by atoms with Crippen LogP contribution in [0.2, 0.25) is 0 Å². The molecule has 2 amide bonds. The molecule has 0 spiro atoms. The molecule has 10 heteroatoms. The number of fused-ring (bicyclic) bond motifs is 1. The fourth-order valence-corrected chi connectivity index (χ4v) is 6.74. The number of esters is 1. The Labute approximate surface area is 190 Å². The fraction of sp³-hybridized carbons (Fsp3) is 0.619. The molecule has 2 unspecified atom stereocenters. The van der Waals surface area contributed by atoms with Gasteiger partial charge in [0.25, 0.3) is 0 Å². The highest BCUT2D eigenvalue weighted by Crippen LogP contribution is 2.46. The molecule has 1 N–H and O–H groups in total. The molecule has 3 aliphatic rings. The molecule has 0 bridgehead atoms. The second-order valence-corrected chi connectivity index (χ2v) is 10.3. The van der Waals surface area contributed by atoms with Gasteiger partial charge in [0.05, 0.1) is 11.9 Å². The topological polar surface area (TPSA) is 104 Å². The molecule has 0 saturated carbocycles. The first-order valence-electron chi connectivity index (χ1n) is 10.2. The molecule has 8 nitrogen and oxygen atoms in total. The van der Waals surface area contributed by atoms with Crippen LogP contribution in [-0.4, -0.2) is 80.0 Å². The number of β-lactam (4-membered cyclic amide) rings is 1. The lowest BCUT2D eigenvalue weighted by Crippen LogP contribution is -2.74. The number of ether oxygens (including phenoxy) is 1. The minimum absolute atomic E-state index is 0.0671. The first-order valence-corrected chi connectivity index (χ1v) is 12.4. The maximum absolute atomic E-state index is 13.0. The zero-order valence-corrected chi connectivity index (χ0v) is 19.5. The van der Waals surface area contributed by atoms with Crippen molar-refractivity contribution in [2.24, 2.45) is 5.41 Å². The molecular formula is C21H28N2O6S2. The summed E-state index contributed by atoms with van der Waals surface area (Å²) < 4.78 is 5.10. The highest BCUT2D eigenvalue weighted by Gasteiger charge is 2.59. The van der Waals surface area contributed by atoms with Gasteiger partial charge >= 0.3 is 11.9 Å². The van der Waals surface area contributed by atoms with E-state index in [0.29, 0.717) is 12.2 Å². The zero-order valence-electron chi connectivity index (χ0n) is 17.9. The van der Waals surface area contributed by atoms with E-state index in [0.717, 1.165) is 12.1 Å². The van der Waals surface area contributed by atoms with Gasteiger partial charge in [-0.15, -0.1) is 23.5 Å². The van der Waals surface area contributed by atoms with E-state index < -0.39 is 17.4 Å². The number of carboxylic acids is 1. The van der Waals surface area contributed by atoms with E-state index in [9.17, 15) is 24.3 Å². The Morgan fingerprint density at radius 1 is 1.42 bits per heavy atom. The molecule has 3 rings (SSSR count). The summed E-state index contributed by atoms with van der Waals surface area (Å²) in [5.41, 5.74) is -0.318. The largest absolute Gasteiger partial charge is 0.481 e. The average molecular weight is 469 g/mol. The Hall–Kier alpha value is -1.94. The van der Waals surface area contributed by atoms with Crippen LogP contribution in [0.4, 0.5) is 0 Å². The summed E-state index contributed by atoms with van der Waals surface area (Å²) in [6.45, 7) is 5.05. The zero-order chi connectivity index (χ0) is 22.8. The van der Waals surface area contributed by atoms with Crippen molar-refractivity contribution < 1.29 is 29.0 Å². The lowest BCUT2D eigenvalue weighted by molar-refractivity contribution is -0.163. The smallest absolute Gasteiger partial charge is 0.316 e. The first-order chi connectivity index (χ1) is 14.7. The summed E-state index contributed by atoms with van der Waals surface area (Å²) in [6, 6.07) is -0.597. The quantitative estimate of drug-likeness (QED) is 0.427. The minimum Gasteiger partial charge on any atom is -0.481 e. The van der Waals surface area contributed by atoms with Gasteiger partial charge in [0.2, 0.25) is 11.8 Å². The normalized spacial score (nSPS) is 27.3. The van der Waals surface area contributed by atoms with Crippen molar-refractivity contribution >= 4 is 47.3 Å². The van der Waals surface area contributed by atoms with E-state index in [1.54, 1.807) is 23.6 Å². The molecule has 0 radical (unpaired) electrons. The molecule has 2 heterocycles. The molecule has 2 saturated heterocycles. The van der Waals surface area contributed by atoms with Gasteiger partial charge in [-0.1, -0.05) is 12.2 Å². The summed E-state index contributed by atoms with van der Waals surface area (Å²) in [6.07, 6.45) is 7.06. The van der Waals surface area contributed by atoms with Crippen molar-refractivity contribution in [3.63, 3.8) is 0 Å². The SMILES string of the molecule is CC(=O)N(C1=CC=CCC1)C1C(=O)N2CC(CSCC(=O)OC(C)C)(C(=O)O)CS[C@H]12. The van der Waals surface area contributed by atoms with Crippen molar-refractivity contribution in [3.8, 4) is 0 Å². The van der Waals surface area contributed by atoms with Gasteiger partial charge in [-0.25, -0.2) is 0 Å². The van der Waals surface area contributed by atoms with Crippen LogP contribution in [0.1, 0.15) is 33.6 Å². The van der Waals surface area contributed by atoms with E-state index >= 15 is 0 Å². The third-order valence-electron chi connectivity index (χ3n) is 5.45. The lowest BCUT2D eigenvalue weighted by atomic mass is 9.88. The Bertz CT molecular complexity index is 827. The average Bonchev–Trinajstić information content (AvgIpc) is 2.71. The van der Waals surface area contributed by atoms with Gasteiger partial charge < -0.3 is 19.6 Å². The first kappa shape index (κ1) is 23.7. The highest BCUT2D eigenvalue weighted by atomic mass is 32.2. The molecule has 1 aliphatic carbocycles. The van der Waals surface area contributed by atoms with Crippen LogP contribution in [0, 0.1) is 5.41 Å². The van der Waals surface area contributed by atoms with Crippen molar-refractivity contribution in [3.05, 3.63) is 23.9 Å². The number of nitrogens with zero attached hydrogens (tertiary/aromatic N) is 2. The van der Waals surface area contributed by atoms with Crippen LogP contribution in [0.5, 0.6) is 0 Å². The number of allylic oxidation sites excluding steroid dienone is 4. The van der Waals surface area contributed by atoms with Crippen molar-refractivity contribution in [1.29, 1.82) is 0 Å². The van der Waals surface area contributed by atoms with E-state index in [1.165, 1.54) is 30.4 Å². The highest BCUT2D eigenvalue weighted by molar-refractivity contribution is 8.01. The maximum atomic E-state index is 13.0. The third-order valence-corrected chi connectivity index (χ3v) is 8.22. The Morgan fingerprint density at radius 2 is 2.16 bits per heavy atom. The molecular weight excluding hydrogens is 440 g/mol. The van der Waals surface area contributed by atoms with E-state index in [-0.39, 0.29) is 47.3 Å². The van der Waals surface area contributed by atoms with Crippen molar-refractivity contribution in [2.45, 2.75) is 51.1 Å². The Balaban J connectivity index is 1.67. The molecule has 0 aromatic rings. The molecule has 170 valence electrons. The van der Waals surface area contributed by atoms with Crippen LogP contribution < -0.4 is 0 Å². The lowest BCUT2D eigenvalue weighted by Gasteiger charge is -2.56. The van der Waals surface area contributed by atoms with Crippen LogP contribution in [0.3, 0.4) is 0 Å². The van der Waals surface area contributed by atoms with Gasteiger partial charge in [0.1, 0.15) is 16.8 Å². The fourth-order valence-electron chi connectivity index (χ4n) is 3.98. The van der Waals surface area contributed by atoms with Gasteiger partial charge in [0.15, 0.2) is 0 Å². The number of hydrogen-bond donors (Lipinski definition) is 1. The number of rotatable bonds is 8. The van der Waals surface area contributed by atoms with E-state index in [1.807, 2.05) is 18.2 Å².